The van der Waals surface area contributed by atoms with Crippen LogP contribution < -0.4 is 0 Å². The van der Waals surface area contributed by atoms with Gasteiger partial charge in [0, 0.05) is 12.8 Å². The first-order chi connectivity index (χ1) is 20.2. The Morgan fingerprint density at radius 2 is 1.57 bits per heavy atom. The Morgan fingerprint density at radius 1 is 1.00 bits per heavy atom. The number of hydrogen-bond donors (Lipinski definition) is 1. The van der Waals surface area contributed by atoms with E-state index in [1.165, 1.54) is 19.2 Å². The van der Waals surface area contributed by atoms with Gasteiger partial charge in [-0.25, -0.2) is 4.39 Å². The molecule has 42 heavy (non-hydrogen) atoms. The normalized spacial score (nSPS) is 13.4. The molecule has 0 bridgehead atoms. The second-order valence-corrected chi connectivity index (χ2v) is 11.8. The first-order valence-electron chi connectivity index (χ1n) is 13.6. The number of halogens is 1. The number of esters is 1. The zero-order chi connectivity index (χ0) is 30.2. The maximum Gasteiger partial charge on any atom is 0.322 e. The van der Waals surface area contributed by atoms with Crippen LogP contribution in [0.5, 0.6) is 0 Å². The van der Waals surface area contributed by atoms with E-state index in [-0.39, 0.29) is 11.8 Å². The molecule has 216 valence electrons. The number of hydrogen-bond acceptors (Lipinski definition) is 6. The van der Waals surface area contributed by atoms with Gasteiger partial charge in [-0.2, -0.15) is 0 Å². The van der Waals surface area contributed by atoms with Crippen LogP contribution in [0, 0.1) is 18.3 Å². The summed E-state index contributed by atoms with van der Waals surface area (Å²) in [4.78, 5) is 17.4. The number of aliphatic hydroxyl groups is 1. The molecule has 4 rings (SSSR count). The highest BCUT2D eigenvalue weighted by molar-refractivity contribution is 7.39. The van der Waals surface area contributed by atoms with Crippen molar-refractivity contribution in [1.29, 1.82) is 0 Å². The van der Waals surface area contributed by atoms with Gasteiger partial charge >= 0.3 is 5.97 Å². The molecule has 0 spiro atoms. The lowest BCUT2D eigenvalue weighted by Gasteiger charge is -2.29. The number of benzene rings is 3. The average molecular weight is 586 g/mol. The fourth-order valence-electron chi connectivity index (χ4n) is 5.19. The zero-order valence-electron chi connectivity index (χ0n) is 23.7. The fourth-order valence-corrected chi connectivity index (χ4v) is 6.42. The number of carbonyl (C=O) groups excluding carboxylic acids is 1. The van der Waals surface area contributed by atoms with Crippen molar-refractivity contribution in [3.63, 3.8) is 0 Å². The third-order valence-electron chi connectivity index (χ3n) is 7.07. The molecule has 0 radical (unpaired) electrons. The van der Waals surface area contributed by atoms with Gasteiger partial charge in [0.05, 0.1) is 29.8 Å². The van der Waals surface area contributed by atoms with E-state index in [2.05, 4.69) is 4.74 Å². The van der Waals surface area contributed by atoms with Crippen LogP contribution in [0.1, 0.15) is 65.8 Å². The summed E-state index contributed by atoms with van der Waals surface area (Å²) in [6, 6.07) is 27.7. The van der Waals surface area contributed by atoms with Gasteiger partial charge in [0.25, 0.3) is 0 Å². The Labute approximate surface area is 246 Å². The molecule has 0 fully saturated rings. The topological polar surface area (TPSA) is 85.7 Å². The lowest BCUT2D eigenvalue weighted by Crippen LogP contribution is -2.24. The summed E-state index contributed by atoms with van der Waals surface area (Å²) in [6.45, 7) is 3.90. The highest BCUT2D eigenvalue weighted by Crippen LogP contribution is 2.51. The molecule has 0 aliphatic heterocycles. The Morgan fingerprint density at radius 3 is 2.07 bits per heavy atom. The second-order valence-electron chi connectivity index (χ2n) is 10.2. The number of rotatable bonds is 11. The van der Waals surface area contributed by atoms with Gasteiger partial charge in [0.15, 0.2) is 0 Å². The van der Waals surface area contributed by atoms with E-state index in [9.17, 15) is 18.9 Å². The van der Waals surface area contributed by atoms with Gasteiger partial charge in [-0.05, 0) is 51.9 Å². The first kappa shape index (κ1) is 30.9. The number of pyridine rings is 1. The monoisotopic (exact) mass is 585 g/mol. The lowest BCUT2D eigenvalue weighted by atomic mass is 9.84. The molecule has 1 N–H and O–H groups in total. The van der Waals surface area contributed by atoms with Crippen molar-refractivity contribution in [3.05, 3.63) is 125 Å². The number of nitrogens with zero attached hydrogens (tertiary/aromatic N) is 1. The van der Waals surface area contributed by atoms with Crippen molar-refractivity contribution in [3.8, 4) is 23.7 Å². The minimum Gasteiger partial charge on any atom is -0.391 e. The van der Waals surface area contributed by atoms with E-state index in [0.29, 0.717) is 22.4 Å². The third kappa shape index (κ3) is 7.03. The van der Waals surface area contributed by atoms with Crippen molar-refractivity contribution in [2.75, 3.05) is 7.11 Å². The minimum atomic E-state index is -2.98. The summed E-state index contributed by atoms with van der Waals surface area (Å²) in [5, 5.41) is 11.3. The second kappa shape index (κ2) is 14.2. The summed E-state index contributed by atoms with van der Waals surface area (Å²) in [7, 11) is -1.69. The van der Waals surface area contributed by atoms with Crippen molar-refractivity contribution >= 4 is 14.0 Å². The number of aliphatic hydroxyl groups excluding tert-OH is 1. The lowest BCUT2D eigenvalue weighted by molar-refractivity contribution is -0.139. The van der Waals surface area contributed by atoms with E-state index >= 15 is 0 Å². The van der Waals surface area contributed by atoms with E-state index in [1.54, 1.807) is 12.1 Å². The third-order valence-corrected chi connectivity index (χ3v) is 8.65. The molecule has 3 atom stereocenters. The van der Waals surface area contributed by atoms with E-state index in [1.807, 2.05) is 86.7 Å². The maximum absolute atomic E-state index is 14.1. The van der Waals surface area contributed by atoms with Crippen molar-refractivity contribution < 1.29 is 28.1 Å². The average Bonchev–Trinajstić information content (AvgIpc) is 2.99. The number of ether oxygens (including phenoxy) is 1. The number of aromatic nitrogens is 1. The molecular weight excluding hydrogens is 552 g/mol. The van der Waals surface area contributed by atoms with Gasteiger partial charge < -0.3 is 14.4 Å². The quantitative estimate of drug-likeness (QED) is 0.114. The molecule has 4 aromatic rings. The van der Waals surface area contributed by atoms with Gasteiger partial charge in [0.2, 0.25) is 8.03 Å². The molecule has 0 aliphatic carbocycles. The standard InChI is InChI=1S/C34H33FNO5P/c1-5-41-30(38)21-29(37)34(42(39)40-4)32-27(23-16-18-26(35)19-17-23)20-28(36-33(32)22(2)3)31(24-12-8-6-9-13-24)25-14-10-7-11-15-25/h1,6-20,22,29,31,34,37,42H,21H2,2-4H3. The van der Waals surface area contributed by atoms with Crippen LogP contribution >= 0.6 is 8.03 Å². The first-order valence-corrected chi connectivity index (χ1v) is 15.0. The Bertz CT molecular complexity index is 1530. The summed E-state index contributed by atoms with van der Waals surface area (Å²) in [5.74, 6) is -1.70. The van der Waals surface area contributed by atoms with E-state index in [0.717, 1.165) is 16.8 Å². The maximum atomic E-state index is 14.1. The van der Waals surface area contributed by atoms with Crippen molar-refractivity contribution in [2.24, 2.45) is 0 Å². The molecule has 1 aromatic heterocycles. The number of carbonyl (C=O) groups is 1. The zero-order valence-corrected chi connectivity index (χ0v) is 24.7. The molecule has 1 heterocycles. The Hall–Kier alpha value is -4.08. The van der Waals surface area contributed by atoms with Crippen LogP contribution in [-0.4, -0.2) is 29.3 Å². The van der Waals surface area contributed by atoms with Crippen molar-refractivity contribution in [2.45, 2.75) is 43.9 Å². The smallest absolute Gasteiger partial charge is 0.322 e. The highest BCUT2D eigenvalue weighted by Gasteiger charge is 2.36. The molecule has 0 amide bonds. The Kier molecular flexibility index (Phi) is 10.4. The molecular formula is C34H33FNO5P. The molecule has 0 aliphatic rings. The van der Waals surface area contributed by atoms with Crippen LogP contribution in [0.3, 0.4) is 0 Å². The summed E-state index contributed by atoms with van der Waals surface area (Å²) in [5.41, 5.74) is 3.90. The molecule has 3 aromatic carbocycles. The van der Waals surface area contributed by atoms with Crippen LogP contribution in [0.4, 0.5) is 4.39 Å². The van der Waals surface area contributed by atoms with Crippen LogP contribution in [0.25, 0.3) is 11.1 Å². The van der Waals surface area contributed by atoms with Gasteiger partial charge in [-0.15, -0.1) is 0 Å². The van der Waals surface area contributed by atoms with Crippen LogP contribution in [-0.2, 0) is 18.6 Å². The number of terminal acetylenes is 1. The SMILES string of the molecule is C#COC(=O)CC(O)C(c1c(-c2ccc(F)cc2)cc(C(c2ccccc2)c2ccccc2)nc1C(C)C)[PH](=O)OC. The van der Waals surface area contributed by atoms with Gasteiger partial charge in [-0.1, -0.05) is 93.1 Å². The molecule has 3 unspecified atom stereocenters. The summed E-state index contributed by atoms with van der Waals surface area (Å²) >= 11 is 0. The van der Waals surface area contributed by atoms with Gasteiger partial charge in [-0.3, -0.25) is 14.3 Å². The minimum absolute atomic E-state index is 0.189. The van der Waals surface area contributed by atoms with Crippen LogP contribution in [0.15, 0.2) is 91.0 Å². The van der Waals surface area contributed by atoms with Gasteiger partial charge in [0.1, 0.15) is 11.9 Å². The molecule has 6 nitrogen and oxygen atoms in total. The molecule has 8 heteroatoms. The predicted octanol–water partition coefficient (Wildman–Crippen LogP) is 7.24. The van der Waals surface area contributed by atoms with Crippen molar-refractivity contribution in [1.82, 2.24) is 4.98 Å². The molecule has 0 saturated carbocycles. The van der Waals surface area contributed by atoms with E-state index in [4.69, 9.17) is 15.9 Å². The molecule has 0 saturated heterocycles. The summed E-state index contributed by atoms with van der Waals surface area (Å²) in [6.07, 6.45) is 4.94. The highest BCUT2D eigenvalue weighted by atomic mass is 31.1. The summed E-state index contributed by atoms with van der Waals surface area (Å²) < 4.78 is 37.5. The Balaban J connectivity index is 2.05. The predicted molar refractivity (Wildman–Crippen MR) is 162 cm³/mol. The largest absolute Gasteiger partial charge is 0.391 e. The van der Waals surface area contributed by atoms with E-state index < -0.39 is 38.0 Å². The van der Waals surface area contributed by atoms with Crippen LogP contribution in [0.2, 0.25) is 0 Å². The fraction of sp³-hybridized carbons (Fsp3) is 0.235.